The third-order valence-corrected chi connectivity index (χ3v) is 3.38. The van der Waals surface area contributed by atoms with Gasteiger partial charge in [-0.15, -0.1) is 0 Å². The first-order chi connectivity index (χ1) is 9.47. The number of rotatable bonds is 3. The molecule has 0 fully saturated rings. The molecular weight excluding hydrogens is 352 g/mol. The summed E-state index contributed by atoms with van der Waals surface area (Å²) in [5.41, 5.74) is 0.462. The minimum Gasteiger partial charge on any atom is -0.348 e. The van der Waals surface area contributed by atoms with Crippen LogP contribution in [0.3, 0.4) is 0 Å². The average Bonchev–Trinajstić information content (AvgIpc) is 2.40. The lowest BCUT2D eigenvalue weighted by molar-refractivity contribution is 0.0946. The maximum Gasteiger partial charge on any atom is 0.254 e. The third kappa shape index (κ3) is 3.55. The lowest BCUT2D eigenvalue weighted by atomic mass is 10.1. The minimum absolute atomic E-state index is 0.210. The second kappa shape index (κ2) is 6.33. The first-order valence-corrected chi connectivity index (χ1v) is 6.81. The minimum atomic E-state index is -0.858. The monoisotopic (exact) mass is 359 g/mol. The van der Waals surface area contributed by atoms with Crippen molar-refractivity contribution < 1.29 is 13.6 Å². The van der Waals surface area contributed by atoms with E-state index in [0.29, 0.717) is 0 Å². The summed E-state index contributed by atoms with van der Waals surface area (Å²) in [7, 11) is 0. The van der Waals surface area contributed by atoms with E-state index in [1.807, 2.05) is 24.3 Å². The van der Waals surface area contributed by atoms with Crippen molar-refractivity contribution >= 4 is 33.4 Å². The molecule has 0 atom stereocenters. The Bertz CT molecular complexity index is 664. The molecule has 0 saturated heterocycles. The fraction of sp³-hybridized carbons (Fsp3) is 0.0714. The zero-order valence-electron chi connectivity index (χ0n) is 10.1. The van der Waals surface area contributed by atoms with E-state index >= 15 is 0 Å². The topological polar surface area (TPSA) is 29.1 Å². The molecule has 104 valence electrons. The Kier molecular flexibility index (Phi) is 4.73. The lowest BCUT2D eigenvalue weighted by Crippen LogP contribution is -2.24. The highest BCUT2D eigenvalue weighted by molar-refractivity contribution is 9.10. The normalized spacial score (nSPS) is 10.4. The smallest absolute Gasteiger partial charge is 0.254 e. The van der Waals surface area contributed by atoms with Crippen LogP contribution in [0.15, 0.2) is 40.9 Å². The number of amides is 1. The number of hydrogen-bond donors (Lipinski definition) is 1. The van der Waals surface area contributed by atoms with Crippen LogP contribution in [0, 0.1) is 11.6 Å². The van der Waals surface area contributed by atoms with Crippen LogP contribution in [-0.2, 0) is 6.54 Å². The molecule has 0 aliphatic heterocycles. The van der Waals surface area contributed by atoms with Crippen molar-refractivity contribution in [1.82, 2.24) is 5.32 Å². The molecule has 20 heavy (non-hydrogen) atoms. The van der Waals surface area contributed by atoms with Gasteiger partial charge >= 0.3 is 0 Å². The summed E-state index contributed by atoms with van der Waals surface area (Å²) in [6, 6.07) is 8.86. The number of nitrogens with one attached hydrogen (secondary N) is 1. The van der Waals surface area contributed by atoms with Crippen molar-refractivity contribution in [3.05, 3.63) is 68.7 Å². The van der Waals surface area contributed by atoms with E-state index in [0.717, 1.165) is 22.2 Å². The average molecular weight is 361 g/mol. The number of carbonyl (C=O) groups is 1. The number of benzene rings is 2. The summed E-state index contributed by atoms with van der Waals surface area (Å²) >= 11 is 8.74. The van der Waals surface area contributed by atoms with Gasteiger partial charge in [-0.2, -0.15) is 0 Å². The maximum atomic E-state index is 13.6. The molecule has 0 bridgehead atoms. The van der Waals surface area contributed by atoms with E-state index in [-0.39, 0.29) is 17.1 Å². The van der Waals surface area contributed by atoms with Crippen molar-refractivity contribution in [2.45, 2.75) is 6.54 Å². The largest absolute Gasteiger partial charge is 0.348 e. The van der Waals surface area contributed by atoms with E-state index in [1.54, 1.807) is 0 Å². The van der Waals surface area contributed by atoms with Crippen molar-refractivity contribution in [1.29, 1.82) is 0 Å². The molecule has 2 aromatic carbocycles. The second-order valence-corrected chi connectivity index (χ2v) is 5.38. The van der Waals surface area contributed by atoms with Gasteiger partial charge in [0.1, 0.15) is 11.6 Å². The van der Waals surface area contributed by atoms with Gasteiger partial charge < -0.3 is 5.32 Å². The molecule has 2 nitrogen and oxygen atoms in total. The second-order valence-electron chi connectivity index (χ2n) is 4.06. The van der Waals surface area contributed by atoms with Crippen LogP contribution < -0.4 is 5.32 Å². The first-order valence-electron chi connectivity index (χ1n) is 5.64. The van der Waals surface area contributed by atoms with Crippen molar-refractivity contribution in [2.24, 2.45) is 0 Å². The molecule has 0 saturated carbocycles. The van der Waals surface area contributed by atoms with Crippen LogP contribution in [0.25, 0.3) is 0 Å². The molecule has 0 aromatic heterocycles. The standard InChI is InChI=1S/C14H9BrClF2NO/c15-9-3-1-2-8(4-9)7-19-14(20)10-5-13(18)11(16)6-12(10)17/h1-6H,7H2,(H,19,20). The van der Waals surface area contributed by atoms with E-state index in [9.17, 15) is 13.6 Å². The molecule has 0 radical (unpaired) electrons. The Morgan fingerprint density at radius 2 is 1.95 bits per heavy atom. The summed E-state index contributed by atoms with van der Waals surface area (Å²) in [6.45, 7) is 0.210. The Morgan fingerprint density at radius 1 is 1.20 bits per heavy atom. The van der Waals surface area contributed by atoms with Gasteiger partial charge in [-0.3, -0.25) is 4.79 Å². The van der Waals surface area contributed by atoms with Crippen LogP contribution in [0.4, 0.5) is 8.78 Å². The summed E-state index contributed by atoms with van der Waals surface area (Å²) in [5, 5.41) is 2.16. The van der Waals surface area contributed by atoms with Gasteiger partial charge in [-0.25, -0.2) is 8.78 Å². The van der Waals surface area contributed by atoms with E-state index < -0.39 is 17.5 Å². The van der Waals surface area contributed by atoms with E-state index in [2.05, 4.69) is 21.2 Å². The molecule has 0 unspecified atom stereocenters. The van der Waals surface area contributed by atoms with Crippen LogP contribution in [-0.4, -0.2) is 5.91 Å². The number of halogens is 4. The first kappa shape index (κ1) is 14.9. The molecule has 0 aliphatic carbocycles. The Balaban J connectivity index is 2.11. The van der Waals surface area contributed by atoms with Gasteiger partial charge in [0.15, 0.2) is 0 Å². The predicted octanol–water partition coefficient (Wildman–Crippen LogP) is 4.31. The van der Waals surface area contributed by atoms with Crippen LogP contribution >= 0.6 is 27.5 Å². The molecule has 0 spiro atoms. The van der Waals surface area contributed by atoms with Crippen LogP contribution in [0.2, 0.25) is 5.02 Å². The van der Waals surface area contributed by atoms with Gasteiger partial charge in [-0.1, -0.05) is 39.7 Å². The number of carbonyl (C=O) groups excluding carboxylic acids is 1. The third-order valence-electron chi connectivity index (χ3n) is 2.60. The highest BCUT2D eigenvalue weighted by atomic mass is 79.9. The van der Waals surface area contributed by atoms with Crippen LogP contribution in [0.5, 0.6) is 0 Å². The Morgan fingerprint density at radius 3 is 2.65 bits per heavy atom. The quantitative estimate of drug-likeness (QED) is 0.812. The molecule has 0 aliphatic rings. The Labute approximate surface area is 127 Å². The predicted molar refractivity (Wildman–Crippen MR) is 76.7 cm³/mol. The van der Waals surface area contributed by atoms with Gasteiger partial charge in [0.05, 0.1) is 10.6 Å². The van der Waals surface area contributed by atoms with Crippen molar-refractivity contribution in [3.63, 3.8) is 0 Å². The fourth-order valence-electron chi connectivity index (χ4n) is 1.62. The zero-order valence-corrected chi connectivity index (χ0v) is 12.4. The zero-order chi connectivity index (χ0) is 14.7. The molecule has 1 amide bonds. The van der Waals surface area contributed by atoms with E-state index in [4.69, 9.17) is 11.6 Å². The highest BCUT2D eigenvalue weighted by Gasteiger charge is 2.15. The molecule has 0 heterocycles. The van der Waals surface area contributed by atoms with Crippen molar-refractivity contribution in [2.75, 3.05) is 0 Å². The summed E-state index contributed by atoms with van der Waals surface area (Å²) in [4.78, 5) is 11.8. The number of hydrogen-bond acceptors (Lipinski definition) is 1. The molecule has 2 rings (SSSR count). The van der Waals surface area contributed by atoms with Crippen molar-refractivity contribution in [3.8, 4) is 0 Å². The molecule has 6 heteroatoms. The summed E-state index contributed by atoms with van der Waals surface area (Å²) < 4.78 is 27.7. The molecular formula is C14H9BrClF2NO. The summed E-state index contributed by atoms with van der Waals surface area (Å²) in [6.07, 6.45) is 0. The molecule has 1 N–H and O–H groups in total. The highest BCUT2D eigenvalue weighted by Crippen LogP contribution is 2.19. The summed E-state index contributed by atoms with van der Waals surface area (Å²) in [5.74, 6) is -2.39. The molecule has 2 aromatic rings. The van der Waals surface area contributed by atoms with Gasteiger partial charge in [-0.05, 0) is 29.8 Å². The van der Waals surface area contributed by atoms with Crippen LogP contribution in [0.1, 0.15) is 15.9 Å². The van der Waals surface area contributed by atoms with Gasteiger partial charge in [0, 0.05) is 11.0 Å². The van der Waals surface area contributed by atoms with Gasteiger partial charge in [0.25, 0.3) is 5.91 Å². The van der Waals surface area contributed by atoms with E-state index in [1.165, 1.54) is 0 Å². The fourth-order valence-corrected chi connectivity index (χ4v) is 2.22. The SMILES string of the molecule is O=C(NCc1cccc(Br)c1)c1cc(F)c(Cl)cc1F. The lowest BCUT2D eigenvalue weighted by Gasteiger charge is -2.07. The Hall–Kier alpha value is -1.46. The van der Waals surface area contributed by atoms with Gasteiger partial charge in [0.2, 0.25) is 0 Å². The maximum absolute atomic E-state index is 13.6.